The largest absolute Gasteiger partial charge is 0.351 e. The van der Waals surface area contributed by atoms with Crippen LogP contribution in [0.2, 0.25) is 0 Å². The molecule has 0 amide bonds. The van der Waals surface area contributed by atoms with Gasteiger partial charge in [0, 0.05) is 24.8 Å². The van der Waals surface area contributed by atoms with Crippen LogP contribution in [0.15, 0.2) is 0 Å². The monoisotopic (exact) mass is 327 g/mol. The molecule has 4 aliphatic heterocycles. The molecular formula is C17H29NO5. The molecule has 0 aromatic heterocycles. The van der Waals surface area contributed by atoms with Crippen LogP contribution in [-0.2, 0) is 24.0 Å². The molecule has 2 unspecified atom stereocenters. The molecule has 8 atom stereocenters. The summed E-state index contributed by atoms with van der Waals surface area (Å²) in [5.41, 5.74) is 5.09. The fourth-order valence-electron chi connectivity index (χ4n) is 5.25. The molecule has 6 nitrogen and oxygen atoms in total. The van der Waals surface area contributed by atoms with Crippen molar-refractivity contribution in [2.45, 2.75) is 70.4 Å². The second kappa shape index (κ2) is 5.64. The van der Waals surface area contributed by atoms with E-state index in [4.69, 9.17) is 29.7 Å². The van der Waals surface area contributed by atoms with Gasteiger partial charge >= 0.3 is 0 Å². The van der Waals surface area contributed by atoms with Crippen molar-refractivity contribution in [3.63, 3.8) is 0 Å². The minimum atomic E-state index is -0.726. The summed E-state index contributed by atoms with van der Waals surface area (Å²) in [6.07, 6.45) is 3.46. The van der Waals surface area contributed by atoms with E-state index in [1.54, 1.807) is 0 Å². The maximum atomic E-state index is 6.26. The normalized spacial score (nSPS) is 55.3. The molecule has 0 aromatic carbocycles. The molecule has 5 aliphatic rings. The van der Waals surface area contributed by atoms with Crippen LogP contribution in [0.25, 0.3) is 0 Å². The van der Waals surface area contributed by atoms with Gasteiger partial charge in [-0.2, -0.15) is 0 Å². The SMILES string of the molecule is C[C@@H]1CCC2[C@@H](C)[C@@H](OCCN)O[C@@H]3O[C@@]4(C)CCC1[C@@]23OO4. The number of nitrogens with two attached hydrogens (primary N) is 1. The molecule has 23 heavy (non-hydrogen) atoms. The van der Waals surface area contributed by atoms with Gasteiger partial charge in [0.1, 0.15) is 0 Å². The summed E-state index contributed by atoms with van der Waals surface area (Å²) in [4.78, 5) is 11.9. The Morgan fingerprint density at radius 1 is 1.13 bits per heavy atom. The van der Waals surface area contributed by atoms with Crippen LogP contribution in [0.5, 0.6) is 0 Å². The quantitative estimate of drug-likeness (QED) is 0.801. The zero-order valence-corrected chi connectivity index (χ0v) is 14.3. The summed E-state index contributed by atoms with van der Waals surface area (Å²) in [6.45, 7) is 7.43. The van der Waals surface area contributed by atoms with Crippen LogP contribution in [0.1, 0.15) is 46.5 Å². The molecule has 2 N–H and O–H groups in total. The fourth-order valence-corrected chi connectivity index (χ4v) is 5.25. The summed E-state index contributed by atoms with van der Waals surface area (Å²) < 4.78 is 18.4. The number of ether oxygens (including phenoxy) is 3. The van der Waals surface area contributed by atoms with Crippen LogP contribution in [0, 0.1) is 23.7 Å². The molecule has 0 aromatic rings. The second-order valence-electron chi connectivity index (χ2n) is 7.93. The summed E-state index contributed by atoms with van der Waals surface area (Å²) in [5, 5.41) is 0. The Morgan fingerprint density at radius 2 is 1.96 bits per heavy atom. The van der Waals surface area contributed by atoms with E-state index in [1.807, 2.05) is 6.92 Å². The molecule has 1 saturated carbocycles. The van der Waals surface area contributed by atoms with Crippen molar-refractivity contribution in [1.82, 2.24) is 0 Å². The van der Waals surface area contributed by atoms with Crippen LogP contribution in [0.4, 0.5) is 0 Å². The first kappa shape index (κ1) is 16.2. The molecule has 5 fully saturated rings. The lowest BCUT2D eigenvalue weighted by Crippen LogP contribution is -2.70. The Labute approximate surface area is 137 Å². The van der Waals surface area contributed by atoms with E-state index in [2.05, 4.69) is 13.8 Å². The minimum Gasteiger partial charge on any atom is -0.351 e. The van der Waals surface area contributed by atoms with Crippen LogP contribution < -0.4 is 5.73 Å². The third-order valence-corrected chi connectivity index (χ3v) is 6.50. The number of hydrogen-bond acceptors (Lipinski definition) is 6. The van der Waals surface area contributed by atoms with Crippen molar-refractivity contribution in [2.24, 2.45) is 29.4 Å². The minimum absolute atomic E-state index is 0.224. The number of hydrogen-bond donors (Lipinski definition) is 1. The van der Waals surface area contributed by atoms with Gasteiger partial charge in [0.05, 0.1) is 6.61 Å². The van der Waals surface area contributed by atoms with Crippen LogP contribution in [-0.4, -0.2) is 37.1 Å². The molecule has 1 spiro atoms. The predicted octanol–water partition coefficient (Wildman–Crippen LogP) is 2.17. The van der Waals surface area contributed by atoms with Gasteiger partial charge in [-0.05, 0) is 38.0 Å². The highest BCUT2D eigenvalue weighted by Gasteiger charge is 2.69. The van der Waals surface area contributed by atoms with E-state index < -0.39 is 17.7 Å². The fraction of sp³-hybridized carbons (Fsp3) is 1.00. The van der Waals surface area contributed by atoms with E-state index in [0.29, 0.717) is 30.9 Å². The van der Waals surface area contributed by atoms with E-state index >= 15 is 0 Å². The molecule has 132 valence electrons. The number of rotatable bonds is 3. The van der Waals surface area contributed by atoms with E-state index in [0.717, 1.165) is 19.3 Å². The lowest BCUT2D eigenvalue weighted by molar-refractivity contribution is -0.577. The number of fused-ring (bicyclic) bond motifs is 2. The van der Waals surface area contributed by atoms with Gasteiger partial charge in [0.15, 0.2) is 18.2 Å². The topological polar surface area (TPSA) is 72.2 Å². The van der Waals surface area contributed by atoms with Crippen LogP contribution >= 0.6 is 0 Å². The zero-order chi connectivity index (χ0) is 16.2. The highest BCUT2D eigenvalue weighted by molar-refractivity contribution is 5.09. The Morgan fingerprint density at radius 3 is 2.74 bits per heavy atom. The maximum Gasteiger partial charge on any atom is 0.201 e. The molecule has 5 rings (SSSR count). The predicted molar refractivity (Wildman–Crippen MR) is 81.8 cm³/mol. The Hall–Kier alpha value is -0.240. The molecule has 1 aliphatic carbocycles. The van der Waals surface area contributed by atoms with E-state index in [9.17, 15) is 0 Å². The van der Waals surface area contributed by atoms with Crippen molar-refractivity contribution in [2.75, 3.05) is 13.2 Å². The average molecular weight is 327 g/mol. The molecule has 2 bridgehead atoms. The summed E-state index contributed by atoms with van der Waals surface area (Å²) in [6, 6.07) is 0. The van der Waals surface area contributed by atoms with Gasteiger partial charge in [-0.3, -0.25) is 0 Å². The van der Waals surface area contributed by atoms with Crippen molar-refractivity contribution in [1.29, 1.82) is 0 Å². The first-order chi connectivity index (χ1) is 11.0. The van der Waals surface area contributed by atoms with Gasteiger partial charge < -0.3 is 19.9 Å². The van der Waals surface area contributed by atoms with Crippen molar-refractivity contribution in [3.05, 3.63) is 0 Å². The Kier molecular flexibility index (Phi) is 3.99. The van der Waals surface area contributed by atoms with Crippen molar-refractivity contribution >= 4 is 0 Å². The summed E-state index contributed by atoms with van der Waals surface area (Å²) >= 11 is 0. The first-order valence-corrected chi connectivity index (χ1v) is 9.02. The average Bonchev–Trinajstić information content (AvgIpc) is 2.76. The smallest absolute Gasteiger partial charge is 0.201 e. The third-order valence-electron chi connectivity index (χ3n) is 6.50. The first-order valence-electron chi connectivity index (χ1n) is 9.02. The van der Waals surface area contributed by atoms with Gasteiger partial charge in [0.2, 0.25) is 5.79 Å². The van der Waals surface area contributed by atoms with Gasteiger partial charge in [-0.25, -0.2) is 9.78 Å². The lowest BCUT2D eigenvalue weighted by Gasteiger charge is -2.60. The van der Waals surface area contributed by atoms with Gasteiger partial charge in [-0.15, -0.1) is 0 Å². The molecule has 6 heteroatoms. The molecular weight excluding hydrogens is 298 g/mol. The summed E-state index contributed by atoms with van der Waals surface area (Å²) in [5.74, 6) is 0.791. The highest BCUT2D eigenvalue weighted by Crippen LogP contribution is 2.60. The second-order valence-corrected chi connectivity index (χ2v) is 7.93. The van der Waals surface area contributed by atoms with Crippen molar-refractivity contribution in [3.8, 4) is 0 Å². The Balaban J connectivity index is 1.70. The zero-order valence-electron chi connectivity index (χ0n) is 14.3. The lowest BCUT2D eigenvalue weighted by atomic mass is 9.58. The highest BCUT2D eigenvalue weighted by atomic mass is 17.3. The van der Waals surface area contributed by atoms with Crippen LogP contribution in [0.3, 0.4) is 0 Å². The molecule has 4 saturated heterocycles. The molecule has 0 radical (unpaired) electrons. The maximum absolute atomic E-state index is 6.26. The van der Waals surface area contributed by atoms with Gasteiger partial charge in [0.25, 0.3) is 0 Å². The standard InChI is InChI=1S/C17H29NO5/c1-10-4-5-13-11(2)14(19-9-8-18)20-15-17(13)12(10)6-7-16(3,21-15)22-23-17/h10-15H,4-9,18H2,1-3H3/t10-,11-,12?,13?,14+,15-,16-,17-/m1/s1. The Bertz CT molecular complexity index is 462. The van der Waals surface area contributed by atoms with Crippen molar-refractivity contribution < 1.29 is 24.0 Å². The third kappa shape index (κ3) is 2.30. The molecule has 4 heterocycles. The van der Waals surface area contributed by atoms with E-state index in [1.165, 1.54) is 6.42 Å². The van der Waals surface area contributed by atoms with E-state index in [-0.39, 0.29) is 12.2 Å². The van der Waals surface area contributed by atoms with Gasteiger partial charge in [-0.1, -0.05) is 13.8 Å². The summed E-state index contributed by atoms with van der Waals surface area (Å²) in [7, 11) is 0.